The summed E-state index contributed by atoms with van der Waals surface area (Å²) in [6, 6.07) is 16.9. The normalized spacial score (nSPS) is 10.7. The number of carbonyl (C=O) groups is 2. The minimum atomic E-state index is -0.949. The molecule has 3 aromatic rings. The van der Waals surface area contributed by atoms with Crippen molar-refractivity contribution in [2.45, 2.75) is 13.5 Å². The molecule has 3 rings (SSSR count). The van der Waals surface area contributed by atoms with Gasteiger partial charge >= 0.3 is 11.8 Å². The molecule has 34 heavy (non-hydrogen) atoms. The van der Waals surface area contributed by atoms with Crippen LogP contribution in [-0.4, -0.2) is 24.6 Å². The number of nitrogens with zero attached hydrogens (tertiary/aromatic N) is 1. The highest BCUT2D eigenvalue weighted by molar-refractivity contribution is 6.40. The number of nitrogens with one attached hydrogen (secondary N) is 2. The van der Waals surface area contributed by atoms with Crippen molar-refractivity contribution in [1.82, 2.24) is 5.43 Å². The zero-order valence-electron chi connectivity index (χ0n) is 18.0. The van der Waals surface area contributed by atoms with Crippen molar-refractivity contribution in [3.8, 4) is 11.5 Å². The average Bonchev–Trinajstić information content (AvgIpc) is 2.80. The molecule has 0 aliphatic carbocycles. The Balaban J connectivity index is 1.64. The number of halogens is 3. The standard InChI is InChI=1S/C24H20Cl3N3O4/c1-2-33-21-11-16(10-20(27)22(21)34-14-15-6-8-17(25)9-7-15)13-28-30-24(32)23(31)29-19-5-3-4-18(26)12-19/h3-13H,2,14H2,1H3,(H,29,31)(H,30,32)/b28-13-. The van der Waals surface area contributed by atoms with E-state index in [0.29, 0.717) is 44.4 Å². The van der Waals surface area contributed by atoms with Crippen LogP contribution in [0.1, 0.15) is 18.1 Å². The van der Waals surface area contributed by atoms with E-state index in [1.807, 2.05) is 19.1 Å². The number of rotatable bonds is 8. The lowest BCUT2D eigenvalue weighted by molar-refractivity contribution is -0.136. The molecule has 2 amide bonds. The van der Waals surface area contributed by atoms with E-state index in [2.05, 4.69) is 15.8 Å². The number of amides is 2. The van der Waals surface area contributed by atoms with Crippen LogP contribution in [-0.2, 0) is 16.2 Å². The first-order valence-corrected chi connectivity index (χ1v) is 11.2. The average molecular weight is 521 g/mol. The van der Waals surface area contributed by atoms with Gasteiger partial charge in [0.25, 0.3) is 0 Å². The molecule has 0 aliphatic heterocycles. The molecule has 0 heterocycles. The fraction of sp³-hybridized carbons (Fsp3) is 0.125. The quantitative estimate of drug-likeness (QED) is 0.226. The second-order valence-corrected chi connectivity index (χ2v) is 8.12. The van der Waals surface area contributed by atoms with Gasteiger partial charge in [-0.25, -0.2) is 5.43 Å². The summed E-state index contributed by atoms with van der Waals surface area (Å²) >= 11 is 18.2. The summed E-state index contributed by atoms with van der Waals surface area (Å²) in [5, 5.41) is 7.61. The van der Waals surface area contributed by atoms with Crippen LogP contribution in [0.15, 0.2) is 65.8 Å². The number of ether oxygens (including phenoxy) is 2. The predicted octanol–water partition coefficient (Wildman–Crippen LogP) is 5.71. The highest BCUT2D eigenvalue weighted by Crippen LogP contribution is 2.37. The summed E-state index contributed by atoms with van der Waals surface area (Å²) in [5.41, 5.74) is 3.99. The SMILES string of the molecule is CCOc1cc(/C=N\NC(=O)C(=O)Nc2cccc(Cl)c2)cc(Cl)c1OCc1ccc(Cl)cc1. The Kier molecular flexibility index (Phi) is 9.16. The van der Waals surface area contributed by atoms with Crippen molar-refractivity contribution in [2.75, 3.05) is 11.9 Å². The predicted molar refractivity (Wildman–Crippen MR) is 134 cm³/mol. The van der Waals surface area contributed by atoms with Crippen LogP contribution in [0.5, 0.6) is 11.5 Å². The first-order chi connectivity index (χ1) is 16.4. The maximum Gasteiger partial charge on any atom is 0.329 e. The van der Waals surface area contributed by atoms with Crippen molar-refractivity contribution in [2.24, 2.45) is 5.10 Å². The molecular formula is C24H20Cl3N3O4. The Labute approximate surface area is 211 Å². The third-order valence-corrected chi connectivity index (χ3v) is 5.06. The monoisotopic (exact) mass is 519 g/mol. The van der Waals surface area contributed by atoms with Crippen LogP contribution in [0.25, 0.3) is 0 Å². The van der Waals surface area contributed by atoms with Crippen molar-refractivity contribution >= 4 is 58.5 Å². The maximum absolute atomic E-state index is 12.0. The fourth-order valence-electron chi connectivity index (χ4n) is 2.77. The Hall–Kier alpha value is -3.26. The van der Waals surface area contributed by atoms with Gasteiger partial charge < -0.3 is 14.8 Å². The summed E-state index contributed by atoms with van der Waals surface area (Å²) < 4.78 is 11.5. The molecule has 3 aromatic carbocycles. The molecule has 0 fully saturated rings. The molecule has 0 unspecified atom stereocenters. The van der Waals surface area contributed by atoms with E-state index in [0.717, 1.165) is 5.56 Å². The lowest BCUT2D eigenvalue weighted by Crippen LogP contribution is -2.32. The summed E-state index contributed by atoms with van der Waals surface area (Å²) in [6.07, 6.45) is 1.34. The highest BCUT2D eigenvalue weighted by Gasteiger charge is 2.14. The van der Waals surface area contributed by atoms with Crippen molar-refractivity contribution in [3.63, 3.8) is 0 Å². The highest BCUT2D eigenvalue weighted by atomic mass is 35.5. The number of hydrogen-bond donors (Lipinski definition) is 2. The zero-order chi connectivity index (χ0) is 24.5. The van der Waals surface area contributed by atoms with E-state index in [-0.39, 0.29) is 6.61 Å². The van der Waals surface area contributed by atoms with E-state index in [9.17, 15) is 9.59 Å². The Morgan fingerprint density at radius 3 is 2.41 bits per heavy atom. The third kappa shape index (κ3) is 7.38. The summed E-state index contributed by atoms with van der Waals surface area (Å²) in [7, 11) is 0. The van der Waals surface area contributed by atoms with E-state index in [1.165, 1.54) is 12.3 Å². The molecule has 0 atom stereocenters. The van der Waals surface area contributed by atoms with Gasteiger partial charge in [-0.2, -0.15) is 5.10 Å². The Morgan fingerprint density at radius 1 is 0.941 bits per heavy atom. The first kappa shape index (κ1) is 25.4. The number of benzene rings is 3. The fourth-order valence-corrected chi connectivity index (χ4v) is 3.36. The summed E-state index contributed by atoms with van der Waals surface area (Å²) in [5.74, 6) is -1.05. The maximum atomic E-state index is 12.0. The minimum absolute atomic E-state index is 0.266. The van der Waals surface area contributed by atoms with Gasteiger partial charge in [-0.15, -0.1) is 0 Å². The molecule has 0 saturated heterocycles. The number of carbonyl (C=O) groups excluding carboxylic acids is 2. The molecule has 0 aromatic heterocycles. The topological polar surface area (TPSA) is 89.0 Å². The molecule has 0 spiro atoms. The van der Waals surface area contributed by atoms with Gasteiger partial charge in [0.2, 0.25) is 0 Å². The van der Waals surface area contributed by atoms with Crippen LogP contribution in [0, 0.1) is 0 Å². The van der Waals surface area contributed by atoms with Crippen molar-refractivity contribution in [1.29, 1.82) is 0 Å². The van der Waals surface area contributed by atoms with Crippen LogP contribution in [0.4, 0.5) is 5.69 Å². The number of hydrazone groups is 1. The first-order valence-electron chi connectivity index (χ1n) is 10.1. The molecule has 176 valence electrons. The molecular weight excluding hydrogens is 501 g/mol. The van der Waals surface area contributed by atoms with Crippen molar-refractivity contribution in [3.05, 3.63) is 86.9 Å². The second kappa shape index (κ2) is 12.3. The Bertz CT molecular complexity index is 1200. The van der Waals surface area contributed by atoms with Gasteiger partial charge in [-0.1, -0.05) is 53.0 Å². The van der Waals surface area contributed by atoms with E-state index >= 15 is 0 Å². The molecule has 2 N–H and O–H groups in total. The minimum Gasteiger partial charge on any atom is -0.490 e. The third-order valence-electron chi connectivity index (χ3n) is 4.30. The van der Waals surface area contributed by atoms with Crippen LogP contribution in [0.2, 0.25) is 15.1 Å². The van der Waals surface area contributed by atoms with E-state index < -0.39 is 11.8 Å². The van der Waals surface area contributed by atoms with Crippen LogP contribution in [0.3, 0.4) is 0 Å². The lowest BCUT2D eigenvalue weighted by atomic mass is 10.2. The number of anilines is 1. The van der Waals surface area contributed by atoms with Gasteiger partial charge in [-0.05, 0) is 60.5 Å². The van der Waals surface area contributed by atoms with Gasteiger partial charge in [0.05, 0.1) is 17.8 Å². The van der Waals surface area contributed by atoms with Gasteiger partial charge in [0.15, 0.2) is 11.5 Å². The Morgan fingerprint density at radius 2 is 1.71 bits per heavy atom. The van der Waals surface area contributed by atoms with Crippen molar-refractivity contribution < 1.29 is 19.1 Å². The van der Waals surface area contributed by atoms with Gasteiger partial charge in [-0.3, -0.25) is 9.59 Å². The molecule has 0 radical (unpaired) electrons. The van der Waals surface area contributed by atoms with Gasteiger partial charge in [0.1, 0.15) is 6.61 Å². The molecule has 0 aliphatic rings. The van der Waals surface area contributed by atoms with Crippen LogP contribution >= 0.6 is 34.8 Å². The van der Waals surface area contributed by atoms with E-state index in [1.54, 1.807) is 42.5 Å². The molecule has 0 bridgehead atoms. The smallest absolute Gasteiger partial charge is 0.329 e. The largest absolute Gasteiger partial charge is 0.490 e. The van der Waals surface area contributed by atoms with E-state index in [4.69, 9.17) is 44.3 Å². The molecule has 0 saturated carbocycles. The second-order valence-electron chi connectivity index (χ2n) is 6.84. The number of hydrogen-bond acceptors (Lipinski definition) is 5. The van der Waals surface area contributed by atoms with Gasteiger partial charge in [0, 0.05) is 15.7 Å². The molecule has 7 nitrogen and oxygen atoms in total. The lowest BCUT2D eigenvalue weighted by Gasteiger charge is -2.14. The zero-order valence-corrected chi connectivity index (χ0v) is 20.2. The molecule has 10 heteroatoms. The summed E-state index contributed by atoms with van der Waals surface area (Å²) in [6.45, 7) is 2.48. The summed E-state index contributed by atoms with van der Waals surface area (Å²) in [4.78, 5) is 24.0. The van der Waals surface area contributed by atoms with Crippen LogP contribution < -0.4 is 20.2 Å².